The predicted octanol–water partition coefficient (Wildman–Crippen LogP) is 2.95. The molecule has 0 radical (unpaired) electrons. The molecule has 1 heterocycles. The third-order valence-electron chi connectivity index (χ3n) is 3.88. The van der Waals surface area contributed by atoms with Crippen LogP contribution < -0.4 is 5.32 Å². The van der Waals surface area contributed by atoms with Crippen LogP contribution in [0, 0.1) is 0 Å². The molecule has 18 heavy (non-hydrogen) atoms. The number of likely N-dealkylation sites (N-methyl/N-ethyl adjacent to an activating group) is 1. The molecule has 0 saturated carbocycles. The van der Waals surface area contributed by atoms with Gasteiger partial charge in [0, 0.05) is 12.6 Å². The molecular weight excluding hydrogens is 224 g/mol. The molecule has 0 bridgehead atoms. The van der Waals surface area contributed by atoms with Crippen LogP contribution in [0.25, 0.3) is 0 Å². The van der Waals surface area contributed by atoms with Crippen LogP contribution >= 0.6 is 0 Å². The molecule has 0 aliphatic carbocycles. The fourth-order valence-corrected chi connectivity index (χ4v) is 2.93. The smallest absolute Gasteiger partial charge is 0.239 e. The number of piperidine rings is 1. The van der Waals surface area contributed by atoms with Gasteiger partial charge in [-0.1, -0.05) is 40.0 Å². The van der Waals surface area contributed by atoms with E-state index in [-0.39, 0.29) is 6.04 Å². The summed E-state index contributed by atoms with van der Waals surface area (Å²) in [6, 6.07) is 0.550. The largest absolute Gasteiger partial charge is 0.338 e. The molecule has 1 aliphatic heterocycles. The molecule has 106 valence electrons. The molecule has 0 aromatic rings. The number of nitrogens with zero attached hydrogens (tertiary/aromatic N) is 1. The van der Waals surface area contributed by atoms with Gasteiger partial charge < -0.3 is 10.2 Å². The lowest BCUT2D eigenvalue weighted by Gasteiger charge is -2.38. The molecular formula is C15H30N2O. The minimum atomic E-state index is 0.0738. The van der Waals surface area contributed by atoms with E-state index in [2.05, 4.69) is 31.0 Å². The van der Waals surface area contributed by atoms with Gasteiger partial charge in [0.05, 0.1) is 6.04 Å². The standard InChI is InChI=1S/C15H30N2O/c1-4-7-10-13(9-5-2)17-12-8-11-14(15(17)18)16-6-3/h13-14,16H,4-12H2,1-3H3. The molecule has 0 spiro atoms. The van der Waals surface area contributed by atoms with Crippen molar-refractivity contribution in [3.05, 3.63) is 0 Å². The second-order valence-corrected chi connectivity index (χ2v) is 5.37. The first-order chi connectivity index (χ1) is 8.74. The Morgan fingerprint density at radius 2 is 2.06 bits per heavy atom. The van der Waals surface area contributed by atoms with Crippen LogP contribution in [-0.4, -0.2) is 36.0 Å². The van der Waals surface area contributed by atoms with Crippen LogP contribution in [0.1, 0.15) is 65.7 Å². The average molecular weight is 254 g/mol. The Hall–Kier alpha value is -0.570. The Morgan fingerprint density at radius 3 is 2.67 bits per heavy atom. The van der Waals surface area contributed by atoms with Crippen molar-refractivity contribution in [1.82, 2.24) is 10.2 Å². The lowest BCUT2D eigenvalue weighted by molar-refractivity contribution is -0.138. The highest BCUT2D eigenvalue weighted by Gasteiger charge is 2.31. The zero-order valence-electron chi connectivity index (χ0n) is 12.4. The summed E-state index contributed by atoms with van der Waals surface area (Å²) in [6.07, 6.45) is 8.12. The highest BCUT2D eigenvalue weighted by atomic mass is 16.2. The Labute approximate surface area is 112 Å². The van der Waals surface area contributed by atoms with Crippen LogP contribution in [0.3, 0.4) is 0 Å². The SMILES string of the molecule is CCCCC(CCC)N1CCCC(NCC)C1=O. The maximum absolute atomic E-state index is 12.5. The molecule has 3 heteroatoms. The van der Waals surface area contributed by atoms with E-state index in [9.17, 15) is 4.79 Å². The molecule has 1 saturated heterocycles. The van der Waals surface area contributed by atoms with E-state index in [1.54, 1.807) is 0 Å². The summed E-state index contributed by atoms with van der Waals surface area (Å²) < 4.78 is 0. The second kappa shape index (κ2) is 8.52. The van der Waals surface area contributed by atoms with Gasteiger partial charge in [0.15, 0.2) is 0 Å². The number of hydrogen-bond acceptors (Lipinski definition) is 2. The quantitative estimate of drug-likeness (QED) is 0.722. The molecule has 1 fully saturated rings. The molecule has 2 atom stereocenters. The van der Waals surface area contributed by atoms with Gasteiger partial charge in [0.25, 0.3) is 0 Å². The first-order valence-corrected chi connectivity index (χ1v) is 7.78. The van der Waals surface area contributed by atoms with Crippen molar-refractivity contribution in [3.8, 4) is 0 Å². The van der Waals surface area contributed by atoms with Gasteiger partial charge in [-0.25, -0.2) is 0 Å². The van der Waals surface area contributed by atoms with E-state index >= 15 is 0 Å². The monoisotopic (exact) mass is 254 g/mol. The summed E-state index contributed by atoms with van der Waals surface area (Å²) >= 11 is 0. The van der Waals surface area contributed by atoms with Gasteiger partial charge in [-0.15, -0.1) is 0 Å². The summed E-state index contributed by atoms with van der Waals surface area (Å²) in [6.45, 7) is 8.37. The van der Waals surface area contributed by atoms with Crippen LogP contribution in [0.4, 0.5) is 0 Å². The van der Waals surface area contributed by atoms with Crippen LogP contribution in [-0.2, 0) is 4.79 Å². The Morgan fingerprint density at radius 1 is 1.28 bits per heavy atom. The van der Waals surface area contributed by atoms with Crippen LogP contribution in [0.15, 0.2) is 0 Å². The number of hydrogen-bond donors (Lipinski definition) is 1. The third-order valence-corrected chi connectivity index (χ3v) is 3.88. The predicted molar refractivity (Wildman–Crippen MR) is 76.6 cm³/mol. The van der Waals surface area contributed by atoms with Crippen molar-refractivity contribution in [3.63, 3.8) is 0 Å². The molecule has 0 aromatic heterocycles. The lowest BCUT2D eigenvalue weighted by Crippen LogP contribution is -2.54. The highest BCUT2D eigenvalue weighted by Crippen LogP contribution is 2.21. The zero-order valence-corrected chi connectivity index (χ0v) is 12.4. The number of nitrogens with one attached hydrogen (secondary N) is 1. The van der Waals surface area contributed by atoms with Crippen molar-refractivity contribution < 1.29 is 4.79 Å². The zero-order chi connectivity index (χ0) is 13.4. The van der Waals surface area contributed by atoms with Crippen LogP contribution in [0.5, 0.6) is 0 Å². The maximum atomic E-state index is 12.5. The number of amides is 1. The van der Waals surface area contributed by atoms with Crippen LogP contribution in [0.2, 0.25) is 0 Å². The van der Waals surface area contributed by atoms with Crippen molar-refractivity contribution in [1.29, 1.82) is 0 Å². The van der Waals surface area contributed by atoms with Crippen molar-refractivity contribution >= 4 is 5.91 Å². The average Bonchev–Trinajstić information content (AvgIpc) is 2.38. The van der Waals surface area contributed by atoms with E-state index in [0.717, 1.165) is 32.4 Å². The maximum Gasteiger partial charge on any atom is 0.239 e. The third kappa shape index (κ3) is 4.27. The van der Waals surface area contributed by atoms with Gasteiger partial charge in [-0.2, -0.15) is 0 Å². The minimum absolute atomic E-state index is 0.0738. The topological polar surface area (TPSA) is 32.3 Å². The van der Waals surface area contributed by atoms with Gasteiger partial charge in [-0.05, 0) is 32.2 Å². The molecule has 1 N–H and O–H groups in total. The van der Waals surface area contributed by atoms with E-state index in [0.29, 0.717) is 11.9 Å². The lowest BCUT2D eigenvalue weighted by atomic mass is 9.97. The number of unbranched alkanes of at least 4 members (excludes halogenated alkanes) is 1. The van der Waals surface area contributed by atoms with Gasteiger partial charge in [0.1, 0.15) is 0 Å². The minimum Gasteiger partial charge on any atom is -0.338 e. The Kier molecular flexibility index (Phi) is 7.33. The normalized spacial score (nSPS) is 22.3. The number of carbonyl (C=O) groups excluding carboxylic acids is 1. The number of likely N-dealkylation sites (tertiary alicyclic amines) is 1. The first-order valence-electron chi connectivity index (χ1n) is 7.78. The second-order valence-electron chi connectivity index (χ2n) is 5.37. The van der Waals surface area contributed by atoms with Crippen molar-refractivity contribution in [2.45, 2.75) is 77.8 Å². The molecule has 1 aliphatic rings. The fraction of sp³-hybridized carbons (Fsp3) is 0.933. The summed E-state index contributed by atoms with van der Waals surface area (Å²) in [5.74, 6) is 0.345. The summed E-state index contributed by atoms with van der Waals surface area (Å²) in [5, 5.41) is 3.33. The van der Waals surface area contributed by atoms with E-state index < -0.39 is 0 Å². The van der Waals surface area contributed by atoms with Gasteiger partial charge in [0.2, 0.25) is 5.91 Å². The van der Waals surface area contributed by atoms with Gasteiger partial charge in [-0.3, -0.25) is 4.79 Å². The summed E-state index contributed by atoms with van der Waals surface area (Å²) in [7, 11) is 0. The van der Waals surface area contributed by atoms with Gasteiger partial charge >= 0.3 is 0 Å². The van der Waals surface area contributed by atoms with Crippen molar-refractivity contribution in [2.75, 3.05) is 13.1 Å². The van der Waals surface area contributed by atoms with Crippen molar-refractivity contribution in [2.24, 2.45) is 0 Å². The molecule has 1 amide bonds. The van der Waals surface area contributed by atoms with E-state index in [1.165, 1.54) is 25.7 Å². The molecule has 3 nitrogen and oxygen atoms in total. The Balaban J connectivity index is 2.61. The molecule has 1 rings (SSSR count). The fourth-order valence-electron chi connectivity index (χ4n) is 2.93. The molecule has 0 aromatic carbocycles. The molecule has 2 unspecified atom stereocenters. The Bertz CT molecular complexity index is 241. The number of carbonyl (C=O) groups is 1. The first kappa shape index (κ1) is 15.5. The summed E-state index contributed by atoms with van der Waals surface area (Å²) in [4.78, 5) is 14.6. The number of rotatable bonds is 8. The highest BCUT2D eigenvalue weighted by molar-refractivity contribution is 5.82. The summed E-state index contributed by atoms with van der Waals surface area (Å²) in [5.41, 5.74) is 0. The van der Waals surface area contributed by atoms with E-state index in [4.69, 9.17) is 0 Å². The van der Waals surface area contributed by atoms with E-state index in [1.807, 2.05) is 0 Å².